The van der Waals surface area contributed by atoms with Crippen LogP contribution in [0.15, 0.2) is 5.57 Å². The molecule has 0 amide bonds. The minimum absolute atomic E-state index is 0. The van der Waals surface area contributed by atoms with Crippen LogP contribution in [0.1, 0.15) is 6.92 Å². The van der Waals surface area contributed by atoms with E-state index in [9.17, 15) is 4.79 Å². The van der Waals surface area contributed by atoms with Crippen molar-refractivity contribution in [3.8, 4) is 0 Å². The first-order valence-corrected chi connectivity index (χ1v) is 2.80. The van der Waals surface area contributed by atoms with Crippen LogP contribution in [-0.4, -0.2) is 36.1 Å². The number of hydrogen-bond acceptors (Lipinski definition) is 2. The molecule has 5 heteroatoms. The molecule has 0 aromatic carbocycles. The second kappa shape index (κ2) is 9.94. The van der Waals surface area contributed by atoms with Crippen molar-refractivity contribution in [3.05, 3.63) is 10.6 Å². The van der Waals surface area contributed by atoms with E-state index in [0.717, 1.165) is 0 Å². The van der Waals surface area contributed by atoms with Crippen molar-refractivity contribution < 1.29 is 26.5 Å². The van der Waals surface area contributed by atoms with Crippen LogP contribution in [0.3, 0.4) is 0 Å². The molecule has 0 rings (SSSR count). The van der Waals surface area contributed by atoms with Crippen LogP contribution in [0.25, 0.3) is 0 Å². The van der Waals surface area contributed by atoms with Crippen molar-refractivity contribution in [2.24, 2.45) is 0 Å². The second-order valence-electron chi connectivity index (χ2n) is 1.21. The maximum absolute atomic E-state index is 10.4. The number of hydrogen-bond donors (Lipinski definition) is 0. The average molecular weight is 282 g/mol. The van der Waals surface area contributed by atoms with Crippen molar-refractivity contribution >= 4 is 45.0 Å². The number of halogens is 2. The standard InChI is InChI=1S/C5H6BrO2.BrH.Mg/c1-4(3-6)5(7)8-2;;/h1-2H3;1H;/q-1;;+2/p-1. The van der Waals surface area contributed by atoms with E-state index >= 15 is 0 Å². The van der Waals surface area contributed by atoms with Gasteiger partial charge in [-0.1, -0.05) is 6.92 Å². The third-order valence-electron chi connectivity index (χ3n) is 0.633. The topological polar surface area (TPSA) is 26.3 Å². The Morgan fingerprint density at radius 2 is 2.00 bits per heavy atom. The van der Waals surface area contributed by atoms with Crippen LogP contribution < -0.4 is 17.0 Å². The summed E-state index contributed by atoms with van der Waals surface area (Å²) in [4.78, 5) is 12.9. The number of ether oxygens (including phenoxy) is 1. The van der Waals surface area contributed by atoms with E-state index in [1.165, 1.54) is 7.11 Å². The molecule has 2 nitrogen and oxygen atoms in total. The summed E-state index contributed by atoms with van der Waals surface area (Å²) in [5.41, 5.74) is 0.438. The Bertz CT molecular complexity index is 125. The zero-order valence-corrected chi connectivity index (χ0v) is 10.4. The van der Waals surface area contributed by atoms with Crippen LogP contribution in [-0.2, 0) is 9.53 Å². The second-order valence-corrected chi connectivity index (χ2v) is 1.61. The summed E-state index contributed by atoms with van der Waals surface area (Å²) in [6, 6.07) is 0. The van der Waals surface area contributed by atoms with E-state index in [-0.39, 0.29) is 46.0 Å². The summed E-state index contributed by atoms with van der Waals surface area (Å²) in [6.07, 6.45) is 0. The Kier molecular flexibility index (Phi) is 17.0. The maximum Gasteiger partial charge on any atom is 2.00 e. The quantitative estimate of drug-likeness (QED) is 0.238. The third-order valence-corrected chi connectivity index (χ3v) is 1.23. The fourth-order valence-corrected chi connectivity index (χ4v) is 0.354. The molecule has 0 aliphatic carbocycles. The molecule has 0 spiro atoms. The van der Waals surface area contributed by atoms with Crippen molar-refractivity contribution in [2.45, 2.75) is 6.92 Å². The molecule has 0 aliphatic heterocycles. The minimum Gasteiger partial charge on any atom is -1.00 e. The molecule has 0 saturated heterocycles. The largest absolute Gasteiger partial charge is 2.00 e. The molecule has 0 aromatic rings. The first kappa shape index (κ1) is 17.1. The van der Waals surface area contributed by atoms with Gasteiger partial charge in [-0.2, -0.15) is 20.9 Å². The number of rotatable bonds is 1. The predicted molar refractivity (Wildman–Crippen MR) is 39.1 cm³/mol. The van der Waals surface area contributed by atoms with Crippen molar-refractivity contribution in [1.82, 2.24) is 0 Å². The number of methoxy groups -OCH3 is 1. The minimum atomic E-state index is -0.359. The van der Waals surface area contributed by atoms with E-state index in [1.54, 1.807) is 6.92 Å². The van der Waals surface area contributed by atoms with Crippen LogP contribution in [0.4, 0.5) is 0 Å². The van der Waals surface area contributed by atoms with Crippen LogP contribution in [0.2, 0.25) is 0 Å². The van der Waals surface area contributed by atoms with Gasteiger partial charge in [0.25, 0.3) is 0 Å². The smallest absolute Gasteiger partial charge is 1.00 e. The van der Waals surface area contributed by atoms with E-state index in [1.807, 2.05) is 0 Å². The molecule has 0 bridgehead atoms. The molecule has 0 radical (unpaired) electrons. The SMILES string of the molecule is COC(=O)C(C)=[C-]Br.[Br-].[Mg+2]. The molecule has 0 atom stereocenters. The van der Waals surface area contributed by atoms with Gasteiger partial charge in [0.1, 0.15) is 0 Å². The third kappa shape index (κ3) is 7.05. The van der Waals surface area contributed by atoms with Gasteiger partial charge in [0.15, 0.2) is 5.97 Å². The molecule has 54 valence electrons. The molecule has 0 heterocycles. The maximum atomic E-state index is 10.4. The van der Waals surface area contributed by atoms with Gasteiger partial charge in [-0.25, -0.2) is 0 Å². The zero-order valence-electron chi connectivity index (χ0n) is 5.78. The van der Waals surface area contributed by atoms with Gasteiger partial charge in [0.2, 0.25) is 0 Å². The predicted octanol–water partition coefficient (Wildman–Crippen LogP) is -2.12. The molecule has 10 heavy (non-hydrogen) atoms. The van der Waals surface area contributed by atoms with Gasteiger partial charge >= 0.3 is 23.1 Å². The van der Waals surface area contributed by atoms with Gasteiger partial charge in [-0.05, 0) is 0 Å². The molecular formula is C5H6Br2MgO2. The summed E-state index contributed by atoms with van der Waals surface area (Å²) in [5, 5.41) is 0. The molecule has 0 unspecified atom stereocenters. The Morgan fingerprint density at radius 3 is 2.10 bits per heavy atom. The van der Waals surface area contributed by atoms with E-state index in [4.69, 9.17) is 0 Å². The summed E-state index contributed by atoms with van der Waals surface area (Å²) in [5.74, 6) is -0.359. The summed E-state index contributed by atoms with van der Waals surface area (Å²) in [7, 11) is 1.33. The fourth-order valence-electron chi connectivity index (χ4n) is 0.192. The summed E-state index contributed by atoms with van der Waals surface area (Å²) < 4.78 is 4.33. The number of esters is 1. The fraction of sp³-hybridized carbons (Fsp3) is 0.400. The van der Waals surface area contributed by atoms with Gasteiger partial charge in [0.05, 0.1) is 7.11 Å². The Morgan fingerprint density at radius 1 is 1.60 bits per heavy atom. The van der Waals surface area contributed by atoms with Gasteiger partial charge in [0, 0.05) is 0 Å². The molecule has 0 aliphatic rings. The monoisotopic (exact) mass is 280 g/mol. The Hall–Kier alpha value is 0.936. The summed E-state index contributed by atoms with van der Waals surface area (Å²) >= 11 is 2.87. The summed E-state index contributed by atoms with van der Waals surface area (Å²) in [6.45, 7) is 1.61. The van der Waals surface area contributed by atoms with E-state index in [2.05, 4.69) is 25.7 Å². The normalized spacial score (nSPS) is 8.90. The molecule has 0 aromatic heterocycles. The van der Waals surface area contributed by atoms with Crippen molar-refractivity contribution in [1.29, 1.82) is 0 Å². The van der Waals surface area contributed by atoms with Gasteiger partial charge < -0.3 is 26.5 Å². The molecule has 0 fully saturated rings. The van der Waals surface area contributed by atoms with Crippen molar-refractivity contribution in [2.75, 3.05) is 7.11 Å². The Labute approximate surface area is 95.4 Å². The number of carbonyl (C=O) groups is 1. The van der Waals surface area contributed by atoms with Crippen LogP contribution >= 0.6 is 15.9 Å². The molecular weight excluding hydrogens is 276 g/mol. The van der Waals surface area contributed by atoms with E-state index < -0.39 is 0 Å². The molecule has 0 N–H and O–H groups in total. The zero-order chi connectivity index (χ0) is 6.57. The first-order valence-electron chi connectivity index (χ1n) is 2.01. The number of carbonyl (C=O) groups excluding carboxylic acids is 1. The van der Waals surface area contributed by atoms with Gasteiger partial charge in [-0.15, -0.1) is 5.57 Å². The average Bonchev–Trinajstić information content (AvgIpc) is 1.84. The van der Waals surface area contributed by atoms with Crippen molar-refractivity contribution in [3.63, 3.8) is 0 Å². The Balaban J connectivity index is -0.000000245. The first-order chi connectivity index (χ1) is 3.72. The van der Waals surface area contributed by atoms with Crippen LogP contribution in [0, 0.1) is 4.99 Å². The van der Waals surface area contributed by atoms with Gasteiger partial charge in [-0.3, -0.25) is 0 Å². The molecule has 0 saturated carbocycles. The van der Waals surface area contributed by atoms with E-state index in [0.29, 0.717) is 5.57 Å². The van der Waals surface area contributed by atoms with Crippen LogP contribution in [0.5, 0.6) is 0 Å².